The topological polar surface area (TPSA) is 126 Å². The van der Waals surface area contributed by atoms with E-state index in [1.807, 2.05) is 0 Å². The number of halogens is 1. The summed E-state index contributed by atoms with van der Waals surface area (Å²) in [5.41, 5.74) is 7.86. The predicted octanol–water partition coefficient (Wildman–Crippen LogP) is 4.99. The molecule has 0 bridgehead atoms. The van der Waals surface area contributed by atoms with Gasteiger partial charge in [-0.3, -0.25) is 9.59 Å². The molecule has 3 aromatic rings. The zero-order valence-electron chi connectivity index (χ0n) is 23.8. The first kappa shape index (κ1) is 29.6. The van der Waals surface area contributed by atoms with Crippen molar-refractivity contribution in [2.45, 2.75) is 44.0 Å². The summed E-state index contributed by atoms with van der Waals surface area (Å²) in [6.07, 6.45) is 3.58. The molecule has 1 atom stereocenters. The van der Waals surface area contributed by atoms with E-state index < -0.39 is 15.9 Å². The van der Waals surface area contributed by atoms with E-state index >= 15 is 0 Å². The second kappa shape index (κ2) is 11.4. The number of anilines is 2. The second-order valence-corrected chi connectivity index (χ2v) is 13.7. The fourth-order valence-corrected chi connectivity index (χ4v) is 7.01. The summed E-state index contributed by atoms with van der Waals surface area (Å²) in [5.74, 6) is -0.156. The molecule has 3 N–H and O–H groups in total. The van der Waals surface area contributed by atoms with Crippen molar-refractivity contribution in [2.24, 2.45) is 5.92 Å². The summed E-state index contributed by atoms with van der Waals surface area (Å²) in [6, 6.07) is 16.0. The van der Waals surface area contributed by atoms with Gasteiger partial charge in [0.25, 0.3) is 21.8 Å². The van der Waals surface area contributed by atoms with E-state index in [1.54, 1.807) is 47.4 Å². The van der Waals surface area contributed by atoms with Gasteiger partial charge in [0, 0.05) is 41.4 Å². The summed E-state index contributed by atoms with van der Waals surface area (Å²) < 4.78 is 28.3. The van der Waals surface area contributed by atoms with Crippen LogP contribution in [0.4, 0.5) is 11.5 Å². The maximum atomic E-state index is 13.5. The first-order valence-electron chi connectivity index (χ1n) is 13.8. The van der Waals surface area contributed by atoms with Crippen LogP contribution in [0.3, 0.4) is 0 Å². The third-order valence-electron chi connectivity index (χ3n) is 7.68. The molecule has 5 rings (SSSR count). The fraction of sp³-hybridized carbons (Fsp3) is 0.323. The van der Waals surface area contributed by atoms with Crippen molar-refractivity contribution in [1.29, 1.82) is 0 Å². The highest BCUT2D eigenvalue weighted by molar-refractivity contribution is 7.90. The van der Waals surface area contributed by atoms with Crippen molar-refractivity contribution in [3.8, 4) is 0 Å². The van der Waals surface area contributed by atoms with Crippen LogP contribution < -0.4 is 15.4 Å². The smallest absolute Gasteiger partial charge is 0.268 e. The normalized spacial score (nSPS) is 18.5. The van der Waals surface area contributed by atoms with Gasteiger partial charge in [0.2, 0.25) is 0 Å². The molecule has 1 saturated heterocycles. The molecule has 0 spiro atoms. The quantitative estimate of drug-likeness (QED) is 0.378. The van der Waals surface area contributed by atoms with Crippen LogP contribution >= 0.6 is 11.6 Å². The minimum atomic E-state index is -4.18. The second-order valence-electron chi connectivity index (χ2n) is 11.6. The number of amides is 2. The molecule has 0 unspecified atom stereocenters. The Morgan fingerprint density at radius 1 is 1.10 bits per heavy atom. The monoisotopic (exact) mass is 607 g/mol. The summed E-state index contributed by atoms with van der Waals surface area (Å²) >= 11 is 6.11. The van der Waals surface area contributed by atoms with Gasteiger partial charge in [-0.1, -0.05) is 36.7 Å². The highest BCUT2D eigenvalue weighted by Gasteiger charge is 2.39. The van der Waals surface area contributed by atoms with Crippen LogP contribution in [-0.2, 0) is 10.0 Å². The van der Waals surface area contributed by atoms with Crippen LogP contribution in [0.1, 0.15) is 60.0 Å². The van der Waals surface area contributed by atoms with E-state index in [9.17, 15) is 18.0 Å². The number of carbonyl (C=O) groups is 2. The first-order chi connectivity index (χ1) is 19.8. The Bertz CT molecular complexity index is 1690. The number of rotatable bonds is 6. The number of benzene rings is 2. The molecule has 2 aromatic carbocycles. The third-order valence-corrected chi connectivity index (χ3v) is 9.25. The lowest BCUT2D eigenvalue weighted by molar-refractivity contribution is 0.0774. The summed E-state index contributed by atoms with van der Waals surface area (Å²) in [7, 11) is -4.18. The Hall–Kier alpha value is -3.89. The van der Waals surface area contributed by atoms with Crippen LogP contribution in [0, 0.1) is 5.92 Å². The van der Waals surface area contributed by atoms with E-state index in [2.05, 4.69) is 36.5 Å². The molecule has 2 amide bonds. The Morgan fingerprint density at radius 3 is 2.55 bits per heavy atom. The van der Waals surface area contributed by atoms with Gasteiger partial charge in [-0.15, -0.1) is 0 Å². The summed E-state index contributed by atoms with van der Waals surface area (Å²) in [4.78, 5) is 35.4. The number of pyridine rings is 1. The number of nitrogens with two attached hydrogens (primary N) is 1. The van der Waals surface area contributed by atoms with Crippen LogP contribution in [0.5, 0.6) is 0 Å². The van der Waals surface area contributed by atoms with Crippen molar-refractivity contribution in [3.63, 3.8) is 0 Å². The zero-order chi connectivity index (χ0) is 30.2. The number of aromatic nitrogens is 1. The average Bonchev–Trinajstić information content (AvgIpc) is 3.23. The molecule has 42 heavy (non-hydrogen) atoms. The van der Waals surface area contributed by atoms with Crippen LogP contribution in [0.2, 0.25) is 5.02 Å². The summed E-state index contributed by atoms with van der Waals surface area (Å²) in [5, 5.41) is 0.494. The number of sulfonamides is 1. The zero-order valence-corrected chi connectivity index (χ0v) is 25.4. The van der Waals surface area contributed by atoms with E-state index in [0.29, 0.717) is 54.1 Å². The van der Waals surface area contributed by atoms with Crippen molar-refractivity contribution >= 4 is 50.5 Å². The van der Waals surface area contributed by atoms with Gasteiger partial charge in [-0.25, -0.2) is 18.1 Å². The molecule has 0 radical (unpaired) electrons. The van der Waals surface area contributed by atoms with Gasteiger partial charge >= 0.3 is 0 Å². The molecule has 3 heterocycles. The van der Waals surface area contributed by atoms with Crippen LogP contribution in [0.25, 0.3) is 5.57 Å². The average molecular weight is 608 g/mol. The molecule has 1 fully saturated rings. The van der Waals surface area contributed by atoms with Gasteiger partial charge in [-0.05, 0) is 86.7 Å². The molecule has 0 saturated carbocycles. The molecule has 9 nitrogen and oxygen atoms in total. The number of nitrogens with zero attached hydrogens (tertiary/aromatic N) is 3. The molecule has 11 heteroatoms. The fourth-order valence-electron chi connectivity index (χ4n) is 5.79. The van der Waals surface area contributed by atoms with Crippen LogP contribution in [0.15, 0.2) is 71.6 Å². The van der Waals surface area contributed by atoms with Gasteiger partial charge in [-0.2, -0.15) is 0 Å². The van der Waals surface area contributed by atoms with Gasteiger partial charge < -0.3 is 15.5 Å². The lowest BCUT2D eigenvalue weighted by Gasteiger charge is -2.34. The Labute approximate surface area is 251 Å². The van der Waals surface area contributed by atoms with Crippen molar-refractivity contribution < 1.29 is 18.0 Å². The first-order valence-corrected chi connectivity index (χ1v) is 15.7. The number of hydrogen-bond donors (Lipinski definition) is 2. The predicted molar refractivity (Wildman–Crippen MR) is 165 cm³/mol. The molecule has 2 aliphatic rings. The molecule has 1 aromatic heterocycles. The lowest BCUT2D eigenvalue weighted by atomic mass is 9.97. The minimum absolute atomic E-state index is 0.103. The van der Waals surface area contributed by atoms with E-state index in [4.69, 9.17) is 22.3 Å². The number of hydrogen-bond acceptors (Lipinski definition) is 7. The van der Waals surface area contributed by atoms with Crippen molar-refractivity contribution in [3.05, 3.63) is 88.6 Å². The molecule has 2 aliphatic heterocycles. The molecular weight excluding hydrogens is 574 g/mol. The van der Waals surface area contributed by atoms with Gasteiger partial charge in [0.15, 0.2) is 0 Å². The standard InChI is InChI=1S/C31H34ClN5O4S/c1-20-17-31(2,3)37(18-20)28-26(29(38)35-42(40,41)25-11-5-10-24(33)16-25)12-13-27(34-28)22-8-6-14-36(19-22)30(39)21-7-4-9-23(32)15-21/h4-5,7-13,15-16,20H,6,14,17-19,33H2,1-3H3,(H,35,38)/t20-/m0/s1. The molecule has 0 aliphatic carbocycles. The Kier molecular flexibility index (Phi) is 8.04. The number of carbonyl (C=O) groups excluding carboxylic acids is 2. The van der Waals surface area contributed by atoms with E-state index in [-0.39, 0.29) is 27.6 Å². The lowest BCUT2D eigenvalue weighted by Crippen LogP contribution is -2.41. The maximum absolute atomic E-state index is 13.5. The molecule has 220 valence electrons. The van der Waals surface area contributed by atoms with Crippen molar-refractivity contribution in [1.82, 2.24) is 14.6 Å². The van der Waals surface area contributed by atoms with Gasteiger partial charge in [0.1, 0.15) is 5.82 Å². The largest absolute Gasteiger partial charge is 0.399 e. The number of nitrogen functional groups attached to an aromatic ring is 1. The van der Waals surface area contributed by atoms with Crippen LogP contribution in [-0.4, -0.2) is 55.3 Å². The highest BCUT2D eigenvalue weighted by atomic mass is 35.5. The third kappa shape index (κ3) is 6.15. The van der Waals surface area contributed by atoms with E-state index in [0.717, 1.165) is 12.0 Å². The van der Waals surface area contributed by atoms with Gasteiger partial charge in [0.05, 0.1) is 16.2 Å². The molecular formula is C31H34ClN5O4S. The highest BCUT2D eigenvalue weighted by Crippen LogP contribution is 2.38. The SMILES string of the molecule is C[C@@H]1CN(c2nc(C3=CCCN(C(=O)c4cccc(Cl)c4)C3)ccc2C(=O)NS(=O)(=O)c2cccc(N)c2)C(C)(C)C1. The Morgan fingerprint density at radius 2 is 1.86 bits per heavy atom. The number of nitrogens with one attached hydrogen (secondary N) is 1. The van der Waals surface area contributed by atoms with E-state index in [1.165, 1.54) is 18.2 Å². The van der Waals surface area contributed by atoms with Crippen molar-refractivity contribution in [2.75, 3.05) is 30.3 Å². The summed E-state index contributed by atoms with van der Waals surface area (Å²) in [6.45, 7) is 7.86. The Balaban J connectivity index is 1.48. The maximum Gasteiger partial charge on any atom is 0.268 e. The minimum Gasteiger partial charge on any atom is -0.399 e.